The first-order valence-electron chi connectivity index (χ1n) is 16.7. The van der Waals surface area contributed by atoms with Crippen molar-refractivity contribution < 1.29 is 0 Å². The highest BCUT2D eigenvalue weighted by atomic mass is 15.0. The van der Waals surface area contributed by atoms with Gasteiger partial charge in [0.15, 0.2) is 0 Å². The Labute approximate surface area is 293 Å². The first kappa shape index (κ1) is 31.8. The Morgan fingerprint density at radius 3 is 2.06 bits per heavy atom. The lowest BCUT2D eigenvalue weighted by Crippen LogP contribution is -2.04. The van der Waals surface area contributed by atoms with E-state index in [1.807, 2.05) is 85.8 Å². The van der Waals surface area contributed by atoms with Crippen LogP contribution in [0.4, 0.5) is 11.4 Å². The molecule has 0 radical (unpaired) electrons. The van der Waals surface area contributed by atoms with Gasteiger partial charge in [0.25, 0.3) is 0 Å². The lowest BCUT2D eigenvalue weighted by atomic mass is 9.93. The zero-order valence-electron chi connectivity index (χ0n) is 28.0. The van der Waals surface area contributed by atoms with Gasteiger partial charge in [0.1, 0.15) is 0 Å². The van der Waals surface area contributed by atoms with Crippen LogP contribution in [0.15, 0.2) is 121 Å². The maximum absolute atomic E-state index is 10.4. The summed E-state index contributed by atoms with van der Waals surface area (Å²) >= 11 is 0. The molecule has 7 rings (SSSR count). The summed E-state index contributed by atoms with van der Waals surface area (Å²) in [6, 6.07) is 41.3. The van der Waals surface area contributed by atoms with Crippen LogP contribution >= 0.6 is 0 Å². The first-order chi connectivity index (χ1) is 24.5. The Balaban J connectivity index is 1.22. The van der Waals surface area contributed by atoms with E-state index in [1.54, 1.807) is 6.08 Å². The predicted octanol–water partition coefficient (Wildman–Crippen LogP) is 11.2. The standard InChI is InChI=1S/C46H34N4/c1-4-5-20-45-32(3)39-14-8-11-21-46(39)50(45)37-25-22-33(23-26-37)34-24-27-40(36(28-34)30-48)42-16-7-10-19-44(42)49-43-18-9-6-15-41(43)38-17-12-13-35(29-47)31(38)2/h1,5-10,12-20,22-28,49H,11,21H2,2-3H3/b20-5-. The molecule has 1 heterocycles. The minimum atomic E-state index is 0.593. The minimum Gasteiger partial charge on any atom is -0.355 e. The summed E-state index contributed by atoms with van der Waals surface area (Å²) in [6.45, 7) is 4.14. The van der Waals surface area contributed by atoms with E-state index in [-0.39, 0.29) is 0 Å². The van der Waals surface area contributed by atoms with Crippen molar-refractivity contribution in [3.8, 4) is 63.6 Å². The summed E-state index contributed by atoms with van der Waals surface area (Å²) in [4.78, 5) is 0. The van der Waals surface area contributed by atoms with Crippen LogP contribution in [0.5, 0.6) is 0 Å². The quantitative estimate of drug-likeness (QED) is 0.176. The molecule has 0 aliphatic heterocycles. The van der Waals surface area contributed by atoms with Crippen LogP contribution in [-0.2, 0) is 6.42 Å². The molecule has 1 N–H and O–H groups in total. The second-order valence-electron chi connectivity index (χ2n) is 12.4. The normalized spacial score (nSPS) is 11.8. The van der Waals surface area contributed by atoms with Crippen LogP contribution in [0.1, 0.15) is 45.6 Å². The number of para-hydroxylation sites is 2. The third kappa shape index (κ3) is 5.79. The number of nitrogens with one attached hydrogen (secondary N) is 1. The highest BCUT2D eigenvalue weighted by molar-refractivity contribution is 5.90. The van der Waals surface area contributed by atoms with Gasteiger partial charge >= 0.3 is 0 Å². The number of hydrogen-bond acceptors (Lipinski definition) is 3. The number of terminal acetylenes is 1. The second-order valence-corrected chi connectivity index (χ2v) is 12.4. The van der Waals surface area contributed by atoms with Gasteiger partial charge in [-0.05, 0) is 109 Å². The topological polar surface area (TPSA) is 64.5 Å². The molecule has 1 aromatic heterocycles. The van der Waals surface area contributed by atoms with E-state index in [4.69, 9.17) is 6.42 Å². The van der Waals surface area contributed by atoms with Gasteiger partial charge in [0.05, 0.1) is 29.0 Å². The average molecular weight is 643 g/mol. The number of nitriles is 2. The summed E-state index contributed by atoms with van der Waals surface area (Å²) in [5.41, 5.74) is 15.8. The average Bonchev–Trinajstić information content (AvgIpc) is 3.45. The molecule has 0 atom stereocenters. The van der Waals surface area contributed by atoms with E-state index in [0.29, 0.717) is 11.1 Å². The number of rotatable bonds is 7. The van der Waals surface area contributed by atoms with Gasteiger partial charge in [-0.25, -0.2) is 0 Å². The molecule has 4 heteroatoms. The molecule has 0 bridgehead atoms. The van der Waals surface area contributed by atoms with Crippen molar-refractivity contribution in [3.05, 3.63) is 161 Å². The van der Waals surface area contributed by atoms with Crippen LogP contribution in [0.3, 0.4) is 0 Å². The van der Waals surface area contributed by atoms with E-state index in [2.05, 4.69) is 83.4 Å². The van der Waals surface area contributed by atoms with Crippen molar-refractivity contribution >= 4 is 23.5 Å². The summed E-state index contributed by atoms with van der Waals surface area (Å²) in [5, 5.41) is 23.7. The smallest absolute Gasteiger partial charge is 0.0998 e. The Bertz CT molecular complexity index is 2450. The number of nitrogens with zero attached hydrogens (tertiary/aromatic N) is 3. The van der Waals surface area contributed by atoms with Gasteiger partial charge in [-0.2, -0.15) is 10.5 Å². The zero-order chi connectivity index (χ0) is 34.6. The van der Waals surface area contributed by atoms with Crippen molar-refractivity contribution in [1.82, 2.24) is 4.57 Å². The van der Waals surface area contributed by atoms with Crippen LogP contribution in [0, 0.1) is 48.9 Å². The molecule has 4 nitrogen and oxygen atoms in total. The molecule has 0 spiro atoms. The highest BCUT2D eigenvalue weighted by Gasteiger charge is 2.20. The van der Waals surface area contributed by atoms with E-state index in [1.165, 1.54) is 16.8 Å². The Morgan fingerprint density at radius 1 is 0.700 bits per heavy atom. The molecule has 0 saturated carbocycles. The maximum Gasteiger partial charge on any atom is 0.0998 e. The molecule has 1 aliphatic carbocycles. The fourth-order valence-electron chi connectivity index (χ4n) is 7.00. The van der Waals surface area contributed by atoms with Gasteiger partial charge in [0, 0.05) is 39.4 Å². The van der Waals surface area contributed by atoms with Crippen molar-refractivity contribution in [2.45, 2.75) is 26.7 Å². The van der Waals surface area contributed by atoms with Crippen LogP contribution < -0.4 is 5.32 Å². The molecule has 50 heavy (non-hydrogen) atoms. The molecule has 6 aromatic rings. The first-order valence-corrected chi connectivity index (χ1v) is 16.7. The number of hydrogen-bond donors (Lipinski definition) is 1. The monoisotopic (exact) mass is 642 g/mol. The fraction of sp³-hybridized carbons (Fsp3) is 0.0870. The molecular weight excluding hydrogens is 609 g/mol. The molecule has 1 aliphatic rings. The Kier molecular flexibility index (Phi) is 8.73. The third-order valence-corrected chi connectivity index (χ3v) is 9.54. The van der Waals surface area contributed by atoms with Crippen molar-refractivity contribution in [2.24, 2.45) is 0 Å². The van der Waals surface area contributed by atoms with Crippen molar-refractivity contribution in [2.75, 3.05) is 5.32 Å². The number of fused-ring (bicyclic) bond motifs is 1. The molecule has 5 aromatic carbocycles. The number of aromatic nitrogens is 1. The predicted molar refractivity (Wildman–Crippen MR) is 206 cm³/mol. The van der Waals surface area contributed by atoms with E-state index < -0.39 is 0 Å². The van der Waals surface area contributed by atoms with Crippen molar-refractivity contribution in [1.29, 1.82) is 10.5 Å². The zero-order valence-corrected chi connectivity index (χ0v) is 28.0. The molecule has 0 fully saturated rings. The van der Waals surface area contributed by atoms with Gasteiger partial charge < -0.3 is 9.88 Å². The van der Waals surface area contributed by atoms with Gasteiger partial charge in [-0.15, -0.1) is 6.42 Å². The molecule has 0 saturated heterocycles. The highest BCUT2D eigenvalue weighted by Crippen LogP contribution is 2.39. The van der Waals surface area contributed by atoms with Gasteiger partial charge in [-0.3, -0.25) is 0 Å². The minimum absolute atomic E-state index is 0.593. The van der Waals surface area contributed by atoms with Crippen molar-refractivity contribution in [3.63, 3.8) is 0 Å². The number of benzene rings is 5. The van der Waals surface area contributed by atoms with Gasteiger partial charge in [-0.1, -0.05) is 90.9 Å². The van der Waals surface area contributed by atoms with Gasteiger partial charge in [0.2, 0.25) is 0 Å². The molecule has 238 valence electrons. The van der Waals surface area contributed by atoms with Crippen LogP contribution in [0.25, 0.3) is 51.2 Å². The molecule has 0 unspecified atom stereocenters. The third-order valence-electron chi connectivity index (χ3n) is 9.54. The lowest BCUT2D eigenvalue weighted by molar-refractivity contribution is 0.870. The Hall–Kier alpha value is -6.80. The summed E-state index contributed by atoms with van der Waals surface area (Å²) in [6.07, 6.45) is 15.8. The second kappa shape index (κ2) is 13.7. The van der Waals surface area contributed by atoms with E-state index in [9.17, 15) is 10.5 Å². The van der Waals surface area contributed by atoms with Crippen LogP contribution in [0.2, 0.25) is 0 Å². The summed E-state index contributed by atoms with van der Waals surface area (Å²) < 4.78 is 2.32. The van der Waals surface area contributed by atoms with E-state index >= 15 is 0 Å². The summed E-state index contributed by atoms with van der Waals surface area (Å²) in [5.74, 6) is 2.64. The maximum atomic E-state index is 10.4. The molecule has 0 amide bonds. The van der Waals surface area contributed by atoms with E-state index in [0.717, 1.165) is 74.5 Å². The number of anilines is 2. The summed E-state index contributed by atoms with van der Waals surface area (Å²) in [7, 11) is 0. The Morgan fingerprint density at radius 2 is 1.36 bits per heavy atom. The largest absolute Gasteiger partial charge is 0.355 e. The fourth-order valence-corrected chi connectivity index (χ4v) is 7.00. The lowest BCUT2D eigenvalue weighted by Gasteiger charge is -2.18. The van der Waals surface area contributed by atoms with Crippen LogP contribution in [-0.4, -0.2) is 4.57 Å². The molecular formula is C46H34N4. The number of allylic oxidation sites excluding steroid dienone is 2. The SMILES string of the molecule is C#C/C=C\c1c(C)c2c(n1-c1ccc(-c3ccc(-c4ccccc4Nc4ccccc4-c4cccc(C#N)c4C)c(C#N)c3)cc1)CCC=C2.